The van der Waals surface area contributed by atoms with E-state index in [0.717, 1.165) is 10.0 Å². The second-order valence-corrected chi connectivity index (χ2v) is 4.67. The molecule has 0 N–H and O–H groups in total. The van der Waals surface area contributed by atoms with Crippen molar-refractivity contribution in [2.45, 2.75) is 25.8 Å². The van der Waals surface area contributed by atoms with Gasteiger partial charge in [-0.25, -0.2) is 0 Å². The van der Waals surface area contributed by atoms with Gasteiger partial charge in [-0.2, -0.15) is 0 Å². The first-order chi connectivity index (χ1) is 7.68. The van der Waals surface area contributed by atoms with Crippen molar-refractivity contribution in [3.63, 3.8) is 0 Å². The Balaban J connectivity index is 2.17. The van der Waals surface area contributed by atoms with Crippen LogP contribution < -0.4 is 0 Å². The monoisotopic (exact) mass is 281 g/mol. The molecule has 1 aromatic rings. The Bertz CT molecular complexity index is 415. The zero-order chi connectivity index (χ0) is 11.5. The molecule has 4 heteroatoms. The van der Waals surface area contributed by atoms with Crippen molar-refractivity contribution < 1.29 is 9.59 Å². The third-order valence-electron chi connectivity index (χ3n) is 2.67. The fraction of sp³-hybridized carbons (Fsp3) is 0.333. The van der Waals surface area contributed by atoms with Gasteiger partial charge in [-0.05, 0) is 18.1 Å². The van der Waals surface area contributed by atoms with Gasteiger partial charge < -0.3 is 0 Å². The summed E-state index contributed by atoms with van der Waals surface area (Å²) in [4.78, 5) is 24.6. The van der Waals surface area contributed by atoms with Crippen LogP contribution in [0.1, 0.15) is 24.8 Å². The van der Waals surface area contributed by atoms with Crippen molar-refractivity contribution in [1.82, 2.24) is 4.90 Å². The summed E-state index contributed by atoms with van der Waals surface area (Å²) in [6.07, 6.45) is 1.65. The second-order valence-electron chi connectivity index (χ2n) is 3.82. The van der Waals surface area contributed by atoms with Gasteiger partial charge in [-0.3, -0.25) is 14.5 Å². The molecule has 0 saturated carbocycles. The molecule has 0 bridgehead atoms. The molecule has 0 aliphatic carbocycles. The van der Waals surface area contributed by atoms with Crippen molar-refractivity contribution >= 4 is 27.7 Å². The van der Waals surface area contributed by atoms with Crippen molar-refractivity contribution in [3.8, 4) is 0 Å². The van der Waals surface area contributed by atoms with Crippen LogP contribution in [0.3, 0.4) is 0 Å². The maximum absolute atomic E-state index is 11.6. The van der Waals surface area contributed by atoms with Crippen LogP contribution in [0.4, 0.5) is 0 Å². The minimum atomic E-state index is -0.0630. The van der Waals surface area contributed by atoms with Crippen LogP contribution in [0.5, 0.6) is 0 Å². The third kappa shape index (κ3) is 2.32. The number of hydrogen-bond donors (Lipinski definition) is 0. The molecule has 84 valence electrons. The number of piperidine rings is 1. The molecule has 1 heterocycles. The van der Waals surface area contributed by atoms with Crippen molar-refractivity contribution in [2.24, 2.45) is 0 Å². The number of imide groups is 1. The molecule has 1 aliphatic rings. The van der Waals surface area contributed by atoms with Crippen LogP contribution in [0, 0.1) is 0 Å². The predicted octanol–water partition coefficient (Wildman–Crippen LogP) is 2.49. The van der Waals surface area contributed by atoms with E-state index in [4.69, 9.17) is 0 Å². The number of amides is 2. The SMILES string of the molecule is O=C1CCCC(=O)N1Cc1ccccc1Br. The lowest BCUT2D eigenvalue weighted by atomic mass is 10.1. The Morgan fingerprint density at radius 1 is 1.12 bits per heavy atom. The van der Waals surface area contributed by atoms with E-state index >= 15 is 0 Å². The molecule has 0 atom stereocenters. The van der Waals surface area contributed by atoms with Crippen molar-refractivity contribution in [2.75, 3.05) is 0 Å². The first-order valence-corrected chi connectivity index (χ1v) is 6.04. The van der Waals surface area contributed by atoms with Gasteiger partial charge in [0, 0.05) is 17.3 Å². The Hall–Kier alpha value is -1.16. The van der Waals surface area contributed by atoms with E-state index in [1.165, 1.54) is 4.90 Å². The third-order valence-corrected chi connectivity index (χ3v) is 3.44. The molecule has 2 rings (SSSR count). The summed E-state index contributed by atoms with van der Waals surface area (Å²) in [5, 5.41) is 0. The summed E-state index contributed by atoms with van der Waals surface area (Å²) in [6, 6.07) is 7.64. The molecule has 1 saturated heterocycles. The van der Waals surface area contributed by atoms with Gasteiger partial charge in [0.05, 0.1) is 6.54 Å². The van der Waals surface area contributed by atoms with Gasteiger partial charge >= 0.3 is 0 Å². The molecule has 1 aliphatic heterocycles. The minimum Gasteiger partial charge on any atom is -0.278 e. The van der Waals surface area contributed by atoms with Crippen LogP contribution in [0.15, 0.2) is 28.7 Å². The highest BCUT2D eigenvalue weighted by Gasteiger charge is 2.26. The van der Waals surface area contributed by atoms with E-state index in [9.17, 15) is 9.59 Å². The Morgan fingerprint density at radius 2 is 1.75 bits per heavy atom. The Morgan fingerprint density at radius 3 is 2.38 bits per heavy atom. The molecule has 1 fully saturated rings. The average Bonchev–Trinajstić information content (AvgIpc) is 2.26. The maximum atomic E-state index is 11.6. The topological polar surface area (TPSA) is 37.4 Å². The van der Waals surface area contributed by atoms with E-state index < -0.39 is 0 Å². The molecular formula is C12H12BrNO2. The number of likely N-dealkylation sites (tertiary alicyclic amines) is 1. The van der Waals surface area contributed by atoms with Crippen molar-refractivity contribution in [3.05, 3.63) is 34.3 Å². The van der Waals surface area contributed by atoms with Crippen LogP contribution in [-0.4, -0.2) is 16.7 Å². The smallest absolute Gasteiger partial charge is 0.229 e. The number of benzene rings is 1. The van der Waals surface area contributed by atoms with Gasteiger partial charge in [-0.15, -0.1) is 0 Å². The minimum absolute atomic E-state index is 0.0630. The normalized spacial score (nSPS) is 16.7. The van der Waals surface area contributed by atoms with Gasteiger partial charge in [0.1, 0.15) is 0 Å². The van der Waals surface area contributed by atoms with Gasteiger partial charge in [0.15, 0.2) is 0 Å². The highest BCUT2D eigenvalue weighted by atomic mass is 79.9. The van der Waals surface area contributed by atoms with E-state index in [-0.39, 0.29) is 11.8 Å². The molecule has 1 aromatic carbocycles. The highest BCUT2D eigenvalue weighted by molar-refractivity contribution is 9.10. The number of nitrogens with zero attached hydrogens (tertiary/aromatic N) is 1. The summed E-state index contributed by atoms with van der Waals surface area (Å²) >= 11 is 3.41. The van der Waals surface area contributed by atoms with Crippen LogP contribution in [-0.2, 0) is 16.1 Å². The number of rotatable bonds is 2. The lowest BCUT2D eigenvalue weighted by Crippen LogP contribution is -2.39. The Labute approximate surface area is 103 Å². The highest BCUT2D eigenvalue weighted by Crippen LogP contribution is 2.21. The molecule has 0 radical (unpaired) electrons. The zero-order valence-electron chi connectivity index (χ0n) is 8.78. The van der Waals surface area contributed by atoms with E-state index in [0.29, 0.717) is 25.8 Å². The predicted molar refractivity (Wildman–Crippen MR) is 63.6 cm³/mol. The fourth-order valence-electron chi connectivity index (χ4n) is 1.77. The molecule has 0 aromatic heterocycles. The number of carbonyl (C=O) groups excluding carboxylic acids is 2. The van der Waals surface area contributed by atoms with Gasteiger partial charge in [0.2, 0.25) is 11.8 Å². The quantitative estimate of drug-likeness (QED) is 0.781. The first kappa shape index (κ1) is 11.3. The summed E-state index contributed by atoms with van der Waals surface area (Å²) in [5.41, 5.74) is 0.964. The van der Waals surface area contributed by atoms with Crippen LogP contribution in [0.2, 0.25) is 0 Å². The van der Waals surface area contributed by atoms with E-state index in [1.807, 2.05) is 24.3 Å². The number of carbonyl (C=O) groups is 2. The first-order valence-electron chi connectivity index (χ1n) is 5.25. The van der Waals surface area contributed by atoms with Gasteiger partial charge in [0.25, 0.3) is 0 Å². The largest absolute Gasteiger partial charge is 0.278 e. The summed E-state index contributed by atoms with van der Waals surface area (Å²) in [5.74, 6) is -0.126. The molecular weight excluding hydrogens is 270 g/mol. The second kappa shape index (κ2) is 4.78. The van der Waals surface area contributed by atoms with E-state index in [1.54, 1.807) is 0 Å². The standard InChI is InChI=1S/C12H12BrNO2/c13-10-5-2-1-4-9(10)8-14-11(15)6-3-7-12(14)16/h1-2,4-5H,3,6-8H2. The lowest BCUT2D eigenvalue weighted by molar-refractivity contribution is -0.148. The molecule has 16 heavy (non-hydrogen) atoms. The molecule has 2 amide bonds. The maximum Gasteiger partial charge on any atom is 0.229 e. The lowest BCUT2D eigenvalue weighted by Gasteiger charge is -2.25. The molecule has 0 spiro atoms. The van der Waals surface area contributed by atoms with Crippen LogP contribution in [0.25, 0.3) is 0 Å². The Kier molecular flexibility index (Phi) is 3.39. The summed E-state index contributed by atoms with van der Waals surface area (Å²) in [7, 11) is 0. The fourth-order valence-corrected chi connectivity index (χ4v) is 2.18. The molecule has 3 nitrogen and oxygen atoms in total. The number of halogens is 1. The van der Waals surface area contributed by atoms with Crippen molar-refractivity contribution in [1.29, 1.82) is 0 Å². The van der Waals surface area contributed by atoms with Crippen LogP contribution >= 0.6 is 15.9 Å². The summed E-state index contributed by atoms with van der Waals surface area (Å²) in [6.45, 7) is 0.374. The summed E-state index contributed by atoms with van der Waals surface area (Å²) < 4.78 is 0.932. The average molecular weight is 282 g/mol. The van der Waals surface area contributed by atoms with Gasteiger partial charge in [-0.1, -0.05) is 34.1 Å². The number of hydrogen-bond acceptors (Lipinski definition) is 2. The van der Waals surface area contributed by atoms with E-state index in [2.05, 4.69) is 15.9 Å². The molecule has 0 unspecified atom stereocenters. The zero-order valence-corrected chi connectivity index (χ0v) is 10.4.